The van der Waals surface area contributed by atoms with Crippen LogP contribution < -0.4 is 0 Å². The molecule has 0 aliphatic heterocycles. The summed E-state index contributed by atoms with van der Waals surface area (Å²) in [4.78, 5) is 12.7. The number of aliphatic hydroxyl groups excluding tert-OH is 1. The summed E-state index contributed by atoms with van der Waals surface area (Å²) in [6, 6.07) is 0. The Kier molecular flexibility index (Phi) is 3.44. The number of rotatable bonds is 0. The van der Waals surface area contributed by atoms with E-state index in [-0.39, 0.29) is 21.8 Å². The highest BCUT2D eigenvalue weighted by Crippen LogP contribution is 2.64. The summed E-state index contributed by atoms with van der Waals surface area (Å²) in [5.74, 6) is 3.01. The number of carbonyl (C=O) groups is 1. The summed E-state index contributed by atoms with van der Waals surface area (Å²) in [5.41, 5.74) is 0.146. The number of Topliss-reactive ketones (excluding diaryl/α,β-unsaturated/α-hetero) is 1. The van der Waals surface area contributed by atoms with Crippen LogP contribution in [0, 0.1) is 34.5 Å². The number of halogens is 1. The lowest BCUT2D eigenvalue weighted by molar-refractivity contribution is -0.134. The molecule has 4 aliphatic carbocycles. The SMILES string of the molecule is C[C@]12C=C[C@H](O)C[C@@H]1CC[C@@H]1[C@@H]2CC[C@]2(C)C(=O)[C@@H](Br)C[C@@H]12. The average molecular weight is 367 g/mol. The number of ketones is 1. The third-order valence-corrected chi connectivity index (χ3v) is 8.66. The summed E-state index contributed by atoms with van der Waals surface area (Å²) in [6.07, 6.45) is 10.8. The number of hydrogen-bond acceptors (Lipinski definition) is 2. The van der Waals surface area contributed by atoms with Crippen LogP contribution in [0.15, 0.2) is 12.2 Å². The quantitative estimate of drug-likeness (QED) is 0.517. The first-order valence-corrected chi connectivity index (χ1v) is 9.83. The number of alkyl halides is 1. The van der Waals surface area contributed by atoms with Gasteiger partial charge >= 0.3 is 0 Å². The highest BCUT2D eigenvalue weighted by molar-refractivity contribution is 9.10. The molecule has 0 spiro atoms. The van der Waals surface area contributed by atoms with Crippen LogP contribution in [0.1, 0.15) is 52.4 Å². The minimum absolute atomic E-state index is 0.0792. The molecular weight excluding hydrogens is 340 g/mol. The van der Waals surface area contributed by atoms with E-state index in [1.165, 1.54) is 19.3 Å². The Bertz CT molecular complexity index is 530. The third-order valence-electron chi connectivity index (χ3n) is 7.87. The zero-order valence-corrected chi connectivity index (χ0v) is 15.2. The van der Waals surface area contributed by atoms with Gasteiger partial charge in [0.05, 0.1) is 10.9 Å². The van der Waals surface area contributed by atoms with Crippen molar-refractivity contribution in [1.82, 2.24) is 0 Å². The number of hydrogen-bond donors (Lipinski definition) is 1. The van der Waals surface area contributed by atoms with Gasteiger partial charge in [0.15, 0.2) is 5.78 Å². The van der Waals surface area contributed by atoms with Gasteiger partial charge < -0.3 is 5.11 Å². The minimum Gasteiger partial charge on any atom is -0.389 e. The standard InChI is InChI=1S/C19H27BrO2/c1-18-7-5-12(21)9-11(18)3-4-13-14(18)6-8-19(2)15(13)10-16(20)17(19)22/h5,7,11-16,21H,3-4,6,8-10H2,1-2H3/t11-,12-,13+,14-,15-,16-,18-,19-/m0/s1. The van der Waals surface area contributed by atoms with Crippen molar-refractivity contribution in [3.05, 3.63) is 12.2 Å². The van der Waals surface area contributed by atoms with Gasteiger partial charge in [-0.05, 0) is 67.6 Å². The van der Waals surface area contributed by atoms with E-state index in [9.17, 15) is 9.90 Å². The molecule has 4 aliphatic rings. The zero-order valence-electron chi connectivity index (χ0n) is 13.6. The van der Waals surface area contributed by atoms with Gasteiger partial charge in [-0.25, -0.2) is 0 Å². The molecule has 22 heavy (non-hydrogen) atoms. The topological polar surface area (TPSA) is 37.3 Å². The van der Waals surface area contributed by atoms with Crippen LogP contribution in [0.25, 0.3) is 0 Å². The number of carbonyl (C=O) groups excluding carboxylic acids is 1. The van der Waals surface area contributed by atoms with E-state index >= 15 is 0 Å². The Morgan fingerprint density at radius 2 is 1.95 bits per heavy atom. The Labute approximate surface area is 141 Å². The van der Waals surface area contributed by atoms with Gasteiger partial charge in [0.25, 0.3) is 0 Å². The van der Waals surface area contributed by atoms with Crippen LogP contribution in [-0.2, 0) is 4.79 Å². The summed E-state index contributed by atoms with van der Waals surface area (Å²) >= 11 is 3.64. The van der Waals surface area contributed by atoms with E-state index < -0.39 is 0 Å². The maximum absolute atomic E-state index is 12.6. The summed E-state index contributed by atoms with van der Waals surface area (Å²) < 4.78 is 0. The van der Waals surface area contributed by atoms with Crippen molar-refractivity contribution in [2.45, 2.75) is 63.3 Å². The smallest absolute Gasteiger partial charge is 0.152 e. The summed E-state index contributed by atoms with van der Waals surface area (Å²) in [5, 5.41) is 9.98. The van der Waals surface area contributed by atoms with Gasteiger partial charge in [-0.2, -0.15) is 0 Å². The molecule has 3 fully saturated rings. The zero-order chi connectivity index (χ0) is 15.7. The molecule has 0 heterocycles. The Balaban J connectivity index is 1.68. The minimum atomic E-state index is -0.247. The fraction of sp³-hybridized carbons (Fsp3) is 0.842. The van der Waals surface area contributed by atoms with Crippen LogP contribution in [0.4, 0.5) is 0 Å². The van der Waals surface area contributed by atoms with E-state index in [4.69, 9.17) is 0 Å². The lowest BCUT2D eigenvalue weighted by Gasteiger charge is -2.58. The fourth-order valence-electron chi connectivity index (χ4n) is 6.54. The maximum Gasteiger partial charge on any atom is 0.152 e. The normalized spacial score (nSPS) is 57.2. The molecule has 2 nitrogen and oxygen atoms in total. The van der Waals surface area contributed by atoms with Crippen LogP contribution in [-0.4, -0.2) is 21.8 Å². The molecule has 4 rings (SSSR count). The fourth-order valence-corrected chi connectivity index (χ4v) is 7.46. The van der Waals surface area contributed by atoms with Crippen molar-refractivity contribution in [3.63, 3.8) is 0 Å². The molecule has 0 aromatic rings. The Hall–Kier alpha value is -0.150. The second-order valence-corrected chi connectivity index (χ2v) is 9.81. The van der Waals surface area contributed by atoms with Gasteiger partial charge in [0.1, 0.15) is 0 Å². The Morgan fingerprint density at radius 1 is 1.18 bits per heavy atom. The molecule has 1 N–H and O–H groups in total. The second kappa shape index (κ2) is 4.92. The third kappa shape index (κ3) is 1.90. The lowest BCUT2D eigenvalue weighted by Crippen LogP contribution is -2.52. The number of aliphatic hydroxyl groups is 1. The second-order valence-electron chi connectivity index (χ2n) is 8.70. The first kappa shape index (κ1) is 15.4. The molecule has 0 aromatic heterocycles. The van der Waals surface area contributed by atoms with Gasteiger partial charge in [-0.3, -0.25) is 4.79 Å². The molecule has 0 aromatic carbocycles. The highest BCUT2D eigenvalue weighted by atomic mass is 79.9. The maximum atomic E-state index is 12.6. The molecule has 0 saturated heterocycles. The predicted molar refractivity (Wildman–Crippen MR) is 90.7 cm³/mol. The van der Waals surface area contributed by atoms with Crippen molar-refractivity contribution in [1.29, 1.82) is 0 Å². The largest absolute Gasteiger partial charge is 0.389 e. The van der Waals surface area contributed by atoms with Gasteiger partial charge in [0, 0.05) is 5.41 Å². The molecule has 0 radical (unpaired) electrons. The molecule has 3 heteroatoms. The highest BCUT2D eigenvalue weighted by Gasteiger charge is 2.61. The van der Waals surface area contributed by atoms with Crippen molar-refractivity contribution >= 4 is 21.7 Å². The predicted octanol–water partition coefficient (Wildman–Crippen LogP) is 4.11. The summed E-state index contributed by atoms with van der Waals surface area (Å²) in [7, 11) is 0. The van der Waals surface area contributed by atoms with Gasteiger partial charge in [-0.1, -0.05) is 41.9 Å². The molecule has 8 atom stereocenters. The Morgan fingerprint density at radius 3 is 2.73 bits per heavy atom. The summed E-state index contributed by atoms with van der Waals surface area (Å²) in [6.45, 7) is 4.65. The number of fused-ring (bicyclic) bond motifs is 5. The first-order chi connectivity index (χ1) is 10.4. The van der Waals surface area contributed by atoms with Gasteiger partial charge in [0.2, 0.25) is 0 Å². The lowest BCUT2D eigenvalue weighted by atomic mass is 9.46. The van der Waals surface area contributed by atoms with Crippen LogP contribution in [0.5, 0.6) is 0 Å². The van der Waals surface area contributed by atoms with Crippen molar-refractivity contribution in [2.24, 2.45) is 34.5 Å². The monoisotopic (exact) mass is 366 g/mol. The van der Waals surface area contributed by atoms with Crippen LogP contribution in [0.2, 0.25) is 0 Å². The van der Waals surface area contributed by atoms with Crippen LogP contribution >= 0.6 is 15.9 Å². The van der Waals surface area contributed by atoms with Crippen LogP contribution in [0.3, 0.4) is 0 Å². The van der Waals surface area contributed by atoms with Crippen molar-refractivity contribution in [2.75, 3.05) is 0 Å². The molecule has 122 valence electrons. The van der Waals surface area contributed by atoms with E-state index in [0.29, 0.717) is 29.5 Å². The van der Waals surface area contributed by atoms with Gasteiger partial charge in [-0.15, -0.1) is 0 Å². The molecule has 0 bridgehead atoms. The van der Waals surface area contributed by atoms with E-state index in [2.05, 4.69) is 35.9 Å². The van der Waals surface area contributed by atoms with Crippen molar-refractivity contribution < 1.29 is 9.90 Å². The van der Waals surface area contributed by atoms with E-state index in [0.717, 1.165) is 19.3 Å². The first-order valence-electron chi connectivity index (χ1n) is 8.92. The molecule has 0 amide bonds. The van der Waals surface area contributed by atoms with E-state index in [1.54, 1.807) is 0 Å². The number of allylic oxidation sites excluding steroid dienone is 1. The molecule has 0 unspecified atom stereocenters. The average Bonchev–Trinajstić information content (AvgIpc) is 2.72. The molecule has 3 saturated carbocycles. The van der Waals surface area contributed by atoms with Crippen molar-refractivity contribution in [3.8, 4) is 0 Å². The molecular formula is C19H27BrO2. The van der Waals surface area contributed by atoms with E-state index in [1.807, 2.05) is 6.08 Å².